The van der Waals surface area contributed by atoms with E-state index < -0.39 is 43.4 Å². The molecule has 10 nitrogen and oxygen atoms in total. The Bertz CT molecular complexity index is 985. The van der Waals surface area contributed by atoms with Crippen LogP contribution in [0.5, 0.6) is 0 Å². The number of hydrogen-bond acceptors (Lipinski definition) is 7. The number of nitrogens with zero attached hydrogens (tertiary/aromatic N) is 3. The smallest absolute Gasteiger partial charge is 0.289 e. The van der Waals surface area contributed by atoms with Crippen molar-refractivity contribution in [3.63, 3.8) is 0 Å². The van der Waals surface area contributed by atoms with Crippen molar-refractivity contribution in [2.24, 2.45) is 0 Å². The van der Waals surface area contributed by atoms with Crippen molar-refractivity contribution in [1.82, 2.24) is 14.5 Å². The second-order valence-corrected chi connectivity index (χ2v) is 7.51. The molecule has 2 atom stereocenters. The number of aromatic amines is 1. The first-order valence-electron chi connectivity index (χ1n) is 7.35. The van der Waals surface area contributed by atoms with Gasteiger partial charge in [-0.1, -0.05) is 12.1 Å². The molecule has 0 amide bonds. The average molecular weight is 364 g/mol. The van der Waals surface area contributed by atoms with Crippen molar-refractivity contribution in [1.29, 1.82) is 0 Å². The minimum Gasteiger partial charge on any atom is -0.377 e. The van der Waals surface area contributed by atoms with Gasteiger partial charge in [0, 0.05) is 11.6 Å². The van der Waals surface area contributed by atoms with Gasteiger partial charge in [-0.2, -0.15) is 9.40 Å². The highest BCUT2D eigenvalue weighted by molar-refractivity contribution is 7.89. The number of Topliss-reactive ketones (excluding diaryl/α,β-unsaturated/α-hetero) is 1. The average Bonchev–Trinajstić information content (AvgIpc) is 3.09. The first kappa shape index (κ1) is 15.9. The molecule has 0 aliphatic carbocycles. The lowest BCUT2D eigenvalue weighted by Gasteiger charge is -2.42. The summed E-state index contributed by atoms with van der Waals surface area (Å²) in [7, 11) is -4.30. The van der Waals surface area contributed by atoms with Crippen LogP contribution in [0.4, 0.5) is 5.69 Å². The molecule has 2 aromatic rings. The number of carbonyl (C=O) groups is 1. The van der Waals surface area contributed by atoms with E-state index in [4.69, 9.17) is 4.74 Å². The van der Waals surface area contributed by atoms with Crippen LogP contribution >= 0.6 is 0 Å². The molecule has 2 bridgehead atoms. The van der Waals surface area contributed by atoms with Crippen LogP contribution in [0.2, 0.25) is 0 Å². The number of sulfonamides is 1. The topological polar surface area (TPSA) is 136 Å². The van der Waals surface area contributed by atoms with Crippen molar-refractivity contribution in [2.75, 3.05) is 13.2 Å². The van der Waals surface area contributed by atoms with Crippen LogP contribution in [0.1, 0.15) is 22.1 Å². The Morgan fingerprint density at radius 1 is 1.28 bits per heavy atom. The molecule has 1 N–H and O–H groups in total. The third kappa shape index (κ3) is 2.20. The van der Waals surface area contributed by atoms with Gasteiger partial charge in [0.2, 0.25) is 5.78 Å². The molecule has 0 saturated carbocycles. The largest absolute Gasteiger partial charge is 0.377 e. The summed E-state index contributed by atoms with van der Waals surface area (Å²) in [4.78, 5) is 22.6. The van der Waals surface area contributed by atoms with Crippen molar-refractivity contribution in [3.05, 3.63) is 51.8 Å². The van der Waals surface area contributed by atoms with Gasteiger partial charge in [0.15, 0.2) is 4.90 Å². The van der Waals surface area contributed by atoms with E-state index in [0.29, 0.717) is 5.56 Å². The van der Waals surface area contributed by atoms with Gasteiger partial charge in [-0.3, -0.25) is 20.0 Å². The van der Waals surface area contributed by atoms with Crippen LogP contribution < -0.4 is 0 Å². The molecule has 1 fully saturated rings. The van der Waals surface area contributed by atoms with Crippen LogP contribution in [0.15, 0.2) is 35.4 Å². The number of aromatic nitrogens is 2. The van der Waals surface area contributed by atoms with E-state index in [1.165, 1.54) is 24.4 Å². The Hall–Kier alpha value is -2.63. The maximum Gasteiger partial charge on any atom is 0.289 e. The summed E-state index contributed by atoms with van der Waals surface area (Å²) in [6, 6.07) is 3.22. The van der Waals surface area contributed by atoms with Gasteiger partial charge in [0.05, 0.1) is 30.4 Å². The summed E-state index contributed by atoms with van der Waals surface area (Å²) in [5.74, 6) is -0.467. The lowest BCUT2D eigenvalue weighted by atomic mass is 9.94. The summed E-state index contributed by atoms with van der Waals surface area (Å²) in [5.41, 5.74) is 0.127. The molecule has 11 heteroatoms. The van der Waals surface area contributed by atoms with Gasteiger partial charge < -0.3 is 4.74 Å². The van der Waals surface area contributed by atoms with Crippen molar-refractivity contribution >= 4 is 21.5 Å². The van der Waals surface area contributed by atoms with Gasteiger partial charge in [-0.15, -0.1) is 0 Å². The van der Waals surface area contributed by atoms with E-state index in [1.807, 2.05) is 0 Å². The molecular weight excluding hydrogens is 352 g/mol. The molecular formula is C14H12N4O6S. The van der Waals surface area contributed by atoms with Crippen molar-refractivity contribution in [3.8, 4) is 0 Å². The molecule has 130 valence electrons. The van der Waals surface area contributed by atoms with E-state index in [-0.39, 0.29) is 18.9 Å². The third-order valence-corrected chi connectivity index (χ3v) is 6.33. The Balaban J connectivity index is 1.90. The number of ether oxygens (including phenoxy) is 1. The predicted octanol–water partition coefficient (Wildman–Crippen LogP) is 0.645. The Morgan fingerprint density at radius 2 is 2.00 bits per heavy atom. The highest BCUT2D eigenvalue weighted by atomic mass is 32.2. The molecule has 0 spiro atoms. The van der Waals surface area contributed by atoms with Crippen LogP contribution in [0.25, 0.3) is 0 Å². The number of nitro benzene ring substituents is 1. The first-order valence-corrected chi connectivity index (χ1v) is 8.79. The second-order valence-electron chi connectivity index (χ2n) is 5.69. The Kier molecular flexibility index (Phi) is 3.45. The van der Waals surface area contributed by atoms with Gasteiger partial charge >= 0.3 is 0 Å². The number of benzene rings is 1. The Labute approximate surface area is 141 Å². The second kappa shape index (κ2) is 5.44. The molecule has 3 heterocycles. The zero-order valence-electron chi connectivity index (χ0n) is 12.7. The van der Waals surface area contributed by atoms with Crippen molar-refractivity contribution in [2.45, 2.75) is 17.0 Å². The first-order chi connectivity index (χ1) is 11.9. The van der Waals surface area contributed by atoms with E-state index in [1.54, 1.807) is 0 Å². The number of rotatable bonds is 3. The SMILES string of the molecule is O=C1c2[nH]ncc2C2COCC1N2S(=O)(=O)c1ccccc1[N+](=O)[O-]. The normalized spacial score (nSPS) is 23.3. The fourth-order valence-electron chi connectivity index (χ4n) is 3.26. The van der Waals surface area contributed by atoms with Crippen molar-refractivity contribution < 1.29 is 22.9 Å². The highest BCUT2D eigenvalue weighted by Crippen LogP contribution is 2.40. The quantitative estimate of drug-likeness (QED) is 0.623. The number of fused-ring (bicyclic) bond motifs is 4. The number of morpholine rings is 1. The molecule has 1 aromatic carbocycles. The number of ketones is 1. The molecule has 2 aliphatic rings. The van der Waals surface area contributed by atoms with Gasteiger partial charge in [-0.25, -0.2) is 8.42 Å². The number of hydrogen-bond donors (Lipinski definition) is 1. The summed E-state index contributed by atoms with van der Waals surface area (Å²) in [6.07, 6.45) is 1.38. The highest BCUT2D eigenvalue weighted by Gasteiger charge is 2.51. The van der Waals surface area contributed by atoms with Gasteiger partial charge in [-0.05, 0) is 6.07 Å². The summed E-state index contributed by atoms with van der Waals surface area (Å²) < 4.78 is 32.8. The maximum atomic E-state index is 13.2. The lowest BCUT2D eigenvalue weighted by Crippen LogP contribution is -2.57. The standard InChI is InChI=1S/C14H12N4O6S/c19-14-11-7-24-6-10(8-5-15-16-13(8)14)17(11)25(22,23)12-4-2-1-3-9(12)18(20)21/h1-5,10-11H,6-7H2,(H,15,16). The molecule has 0 radical (unpaired) electrons. The minimum atomic E-state index is -4.30. The summed E-state index contributed by atoms with van der Waals surface area (Å²) in [6.45, 7) is -0.0795. The zero-order valence-corrected chi connectivity index (χ0v) is 13.5. The molecule has 2 unspecified atom stereocenters. The monoisotopic (exact) mass is 364 g/mol. The van der Waals surface area contributed by atoms with Gasteiger partial charge in [0.25, 0.3) is 15.7 Å². The molecule has 2 aliphatic heterocycles. The number of para-hydroxylation sites is 1. The van der Waals surface area contributed by atoms with E-state index in [2.05, 4.69) is 10.2 Å². The maximum absolute atomic E-state index is 13.2. The number of nitrogens with one attached hydrogen (secondary N) is 1. The fraction of sp³-hybridized carbons (Fsp3) is 0.286. The fourth-order valence-corrected chi connectivity index (χ4v) is 5.15. The number of carbonyl (C=O) groups excluding carboxylic acids is 1. The van der Waals surface area contributed by atoms with Gasteiger partial charge in [0.1, 0.15) is 11.7 Å². The van der Waals surface area contributed by atoms with Crippen LogP contribution in [0, 0.1) is 10.1 Å². The number of nitro groups is 1. The van der Waals surface area contributed by atoms with Crippen LogP contribution in [-0.4, -0.2) is 52.9 Å². The third-order valence-electron chi connectivity index (χ3n) is 4.36. The predicted molar refractivity (Wildman–Crippen MR) is 82.4 cm³/mol. The molecule has 1 aromatic heterocycles. The van der Waals surface area contributed by atoms with E-state index in [9.17, 15) is 23.3 Å². The zero-order chi connectivity index (χ0) is 17.8. The van der Waals surface area contributed by atoms with Crippen LogP contribution in [-0.2, 0) is 14.8 Å². The minimum absolute atomic E-state index is 0.0379. The van der Waals surface area contributed by atoms with E-state index in [0.717, 1.165) is 10.4 Å². The summed E-state index contributed by atoms with van der Waals surface area (Å²) >= 11 is 0. The molecule has 1 saturated heterocycles. The van der Waals surface area contributed by atoms with Crippen LogP contribution in [0.3, 0.4) is 0 Å². The lowest BCUT2D eigenvalue weighted by molar-refractivity contribution is -0.387. The van der Waals surface area contributed by atoms with E-state index >= 15 is 0 Å². The summed E-state index contributed by atoms with van der Waals surface area (Å²) in [5, 5.41) is 17.6. The number of H-pyrrole nitrogens is 1. The molecule has 25 heavy (non-hydrogen) atoms. The Morgan fingerprint density at radius 3 is 2.76 bits per heavy atom. The molecule has 4 rings (SSSR count).